The molecule has 0 fully saturated rings. The number of hydrogen-bond donors (Lipinski definition) is 0. The van der Waals surface area contributed by atoms with Crippen molar-refractivity contribution < 1.29 is 0 Å². The van der Waals surface area contributed by atoms with Crippen LogP contribution in [0.1, 0.15) is 22.3 Å². The molecule has 9 aromatic carbocycles. The second kappa shape index (κ2) is 14.4. The zero-order chi connectivity index (χ0) is 39.2. The number of hydrogen-bond acceptors (Lipinski definition) is 2. The molecule has 1 heterocycles. The van der Waals surface area contributed by atoms with E-state index in [1.165, 1.54) is 55.3 Å². The summed E-state index contributed by atoms with van der Waals surface area (Å²) >= 11 is 0. The van der Waals surface area contributed by atoms with Gasteiger partial charge in [-0.2, -0.15) is 0 Å². The van der Waals surface area contributed by atoms with E-state index in [0.717, 1.165) is 39.2 Å². The maximum Gasteiger partial charge on any atom is 0.160 e. The van der Waals surface area contributed by atoms with E-state index in [-0.39, 0.29) is 0 Å². The lowest BCUT2D eigenvalue weighted by atomic mass is 9.66. The molecule has 0 saturated carbocycles. The molecular weight excluding hydrogens is 713 g/mol. The van der Waals surface area contributed by atoms with Gasteiger partial charge in [0.2, 0.25) is 0 Å². The molecule has 2 heteroatoms. The Labute approximate surface area is 344 Å². The van der Waals surface area contributed by atoms with Crippen LogP contribution in [0.4, 0.5) is 0 Å². The van der Waals surface area contributed by atoms with Crippen molar-refractivity contribution >= 4 is 10.8 Å². The van der Waals surface area contributed by atoms with E-state index in [0.29, 0.717) is 5.82 Å². The molecule has 0 saturated heterocycles. The quantitative estimate of drug-likeness (QED) is 0.162. The zero-order valence-electron chi connectivity index (χ0n) is 32.3. The van der Waals surface area contributed by atoms with Gasteiger partial charge in [-0.05, 0) is 84.6 Å². The summed E-state index contributed by atoms with van der Waals surface area (Å²) in [5.41, 5.74) is 16.7. The smallest absolute Gasteiger partial charge is 0.160 e. The number of fused-ring (bicyclic) bond motifs is 5. The second-order valence-corrected chi connectivity index (χ2v) is 15.3. The third-order valence-corrected chi connectivity index (χ3v) is 12.0. The molecule has 59 heavy (non-hydrogen) atoms. The van der Waals surface area contributed by atoms with Gasteiger partial charge in [0.1, 0.15) is 0 Å². The van der Waals surface area contributed by atoms with Crippen LogP contribution in [-0.2, 0) is 5.41 Å². The lowest BCUT2D eigenvalue weighted by Gasteiger charge is -2.35. The summed E-state index contributed by atoms with van der Waals surface area (Å²) in [6.07, 6.45) is 0. The normalized spacial score (nSPS) is 12.5. The topological polar surface area (TPSA) is 25.8 Å². The molecule has 0 amide bonds. The summed E-state index contributed by atoms with van der Waals surface area (Å²) in [5.74, 6) is 0.694. The van der Waals surface area contributed by atoms with Gasteiger partial charge in [0.15, 0.2) is 5.82 Å². The van der Waals surface area contributed by atoms with Gasteiger partial charge in [-0.25, -0.2) is 9.97 Å². The Hall–Kier alpha value is -7.68. The number of aromatic nitrogens is 2. The first-order chi connectivity index (χ1) is 29.3. The van der Waals surface area contributed by atoms with Crippen LogP contribution in [-0.4, -0.2) is 9.97 Å². The van der Waals surface area contributed by atoms with Crippen LogP contribution < -0.4 is 0 Å². The third kappa shape index (κ3) is 5.80. The van der Waals surface area contributed by atoms with E-state index in [1.807, 2.05) is 6.07 Å². The summed E-state index contributed by atoms with van der Waals surface area (Å²) in [5, 5.41) is 2.48. The molecule has 0 N–H and O–H groups in total. The minimum Gasteiger partial charge on any atom is -0.228 e. The number of nitrogens with zero attached hydrogens (tertiary/aromatic N) is 2. The van der Waals surface area contributed by atoms with E-state index >= 15 is 0 Å². The van der Waals surface area contributed by atoms with E-state index in [1.54, 1.807) is 0 Å². The molecule has 1 aromatic heterocycles. The number of benzene rings is 9. The van der Waals surface area contributed by atoms with E-state index < -0.39 is 5.41 Å². The maximum atomic E-state index is 5.24. The molecule has 0 bridgehead atoms. The highest BCUT2D eigenvalue weighted by molar-refractivity contribution is 6.06. The Morgan fingerprint density at radius 3 is 1.54 bits per heavy atom. The molecule has 0 radical (unpaired) electrons. The fourth-order valence-corrected chi connectivity index (χ4v) is 9.32. The van der Waals surface area contributed by atoms with Crippen molar-refractivity contribution in [1.82, 2.24) is 9.97 Å². The third-order valence-electron chi connectivity index (χ3n) is 12.0. The van der Waals surface area contributed by atoms with Crippen molar-refractivity contribution in [3.63, 3.8) is 0 Å². The highest BCUT2D eigenvalue weighted by Gasteiger charge is 2.48. The van der Waals surface area contributed by atoms with Crippen LogP contribution >= 0.6 is 0 Å². The van der Waals surface area contributed by atoms with Crippen molar-refractivity contribution in [3.8, 4) is 67.3 Å². The van der Waals surface area contributed by atoms with Crippen LogP contribution in [0.25, 0.3) is 78.1 Å². The highest BCUT2D eigenvalue weighted by Crippen LogP contribution is 2.60. The van der Waals surface area contributed by atoms with E-state index in [4.69, 9.17) is 9.97 Å². The number of rotatable bonds is 7. The Morgan fingerprint density at radius 1 is 0.322 bits per heavy atom. The summed E-state index contributed by atoms with van der Waals surface area (Å²) in [4.78, 5) is 10.4. The van der Waals surface area contributed by atoms with Crippen molar-refractivity contribution in [3.05, 3.63) is 253 Å². The molecule has 2 nitrogen and oxygen atoms in total. The van der Waals surface area contributed by atoms with Crippen LogP contribution in [0.15, 0.2) is 231 Å². The SMILES string of the molecule is c1ccc(-c2cccc(-c3cc(-c4ccccc4)nc(-c4ccc(-c5cc6ccccc6c6c5-c5ccccc5C6(c5ccccc5)c5ccccc5)cc4)n3)c2)cc1. The first kappa shape index (κ1) is 34.6. The first-order valence-corrected chi connectivity index (χ1v) is 20.2. The van der Waals surface area contributed by atoms with Gasteiger partial charge in [0, 0.05) is 16.7 Å². The lowest BCUT2D eigenvalue weighted by Crippen LogP contribution is -2.28. The van der Waals surface area contributed by atoms with Gasteiger partial charge in [-0.3, -0.25) is 0 Å². The van der Waals surface area contributed by atoms with Crippen LogP contribution in [0.5, 0.6) is 0 Å². The molecule has 10 aromatic rings. The summed E-state index contributed by atoms with van der Waals surface area (Å²) < 4.78 is 0. The molecular formula is C57H38N2. The Bertz CT molecular complexity index is 3080. The van der Waals surface area contributed by atoms with Gasteiger partial charge >= 0.3 is 0 Å². The Kier molecular flexibility index (Phi) is 8.41. The average Bonchev–Trinajstić information content (AvgIpc) is 3.65. The summed E-state index contributed by atoms with van der Waals surface area (Å²) in [6.45, 7) is 0. The monoisotopic (exact) mass is 750 g/mol. The molecule has 0 unspecified atom stereocenters. The van der Waals surface area contributed by atoms with Crippen molar-refractivity contribution in [2.24, 2.45) is 0 Å². The zero-order valence-corrected chi connectivity index (χ0v) is 32.3. The largest absolute Gasteiger partial charge is 0.228 e. The van der Waals surface area contributed by atoms with Crippen molar-refractivity contribution in [2.75, 3.05) is 0 Å². The van der Waals surface area contributed by atoms with Crippen molar-refractivity contribution in [2.45, 2.75) is 5.41 Å². The molecule has 1 aliphatic carbocycles. The fraction of sp³-hybridized carbons (Fsp3) is 0.0175. The standard InChI is InChI=1S/C57H38N2/c1-5-18-39(19-6-1)43-23-17-24-45(36-43)53-38-52(41-20-7-2-8-21-41)58-56(59-53)42-34-32-40(33-35-42)50-37-44-22-13-14-29-48(44)55-54(50)49-30-15-16-31-51(49)57(55,46-25-9-3-10-26-46)47-27-11-4-12-28-47/h1-38H. The lowest BCUT2D eigenvalue weighted by molar-refractivity contribution is 0.775. The fourth-order valence-electron chi connectivity index (χ4n) is 9.32. The predicted octanol–water partition coefficient (Wildman–Crippen LogP) is 14.3. The minimum absolute atomic E-state index is 0.510. The molecule has 1 aliphatic rings. The summed E-state index contributed by atoms with van der Waals surface area (Å²) in [6, 6.07) is 82.9. The molecule has 0 spiro atoms. The van der Waals surface area contributed by atoms with Crippen LogP contribution in [0.3, 0.4) is 0 Å². The summed E-state index contributed by atoms with van der Waals surface area (Å²) in [7, 11) is 0. The van der Waals surface area contributed by atoms with E-state index in [9.17, 15) is 0 Å². The molecule has 0 atom stereocenters. The highest BCUT2D eigenvalue weighted by atomic mass is 14.9. The van der Waals surface area contributed by atoms with Crippen LogP contribution in [0.2, 0.25) is 0 Å². The van der Waals surface area contributed by atoms with Gasteiger partial charge in [0.25, 0.3) is 0 Å². The minimum atomic E-state index is -0.510. The van der Waals surface area contributed by atoms with Gasteiger partial charge in [0.05, 0.1) is 16.8 Å². The Balaban J connectivity index is 1.10. The second-order valence-electron chi connectivity index (χ2n) is 15.3. The van der Waals surface area contributed by atoms with Gasteiger partial charge in [-0.15, -0.1) is 0 Å². The predicted molar refractivity (Wildman–Crippen MR) is 244 cm³/mol. The molecule has 0 aliphatic heterocycles. The molecule has 276 valence electrons. The Morgan fingerprint density at radius 2 is 0.847 bits per heavy atom. The van der Waals surface area contributed by atoms with Gasteiger partial charge in [-0.1, -0.05) is 212 Å². The molecule has 11 rings (SSSR count). The van der Waals surface area contributed by atoms with Crippen molar-refractivity contribution in [1.29, 1.82) is 0 Å². The van der Waals surface area contributed by atoms with E-state index in [2.05, 4.69) is 224 Å². The average molecular weight is 751 g/mol. The van der Waals surface area contributed by atoms with Crippen LogP contribution in [0, 0.1) is 0 Å². The first-order valence-electron chi connectivity index (χ1n) is 20.2. The van der Waals surface area contributed by atoms with Gasteiger partial charge < -0.3 is 0 Å². The maximum absolute atomic E-state index is 5.24.